The van der Waals surface area contributed by atoms with Gasteiger partial charge in [-0.05, 0) is 35.9 Å². The number of methoxy groups -OCH3 is 1. The Labute approximate surface area is 160 Å². The molecule has 1 aliphatic rings. The van der Waals surface area contributed by atoms with Crippen LogP contribution in [0.1, 0.15) is 5.56 Å². The molecule has 3 rings (SSSR count). The number of carboxylic acids is 1. The SMILES string of the molecule is COc1ccc(S(=O)(=O)N(CC(=O)O)Cc2cc3c(cc2Cl)OCO3)cc1. The van der Waals surface area contributed by atoms with Gasteiger partial charge >= 0.3 is 5.97 Å². The molecule has 0 saturated heterocycles. The van der Waals surface area contributed by atoms with E-state index in [1.54, 1.807) is 6.07 Å². The molecule has 10 heteroatoms. The van der Waals surface area contributed by atoms with Gasteiger partial charge in [0.2, 0.25) is 16.8 Å². The highest BCUT2D eigenvalue weighted by Crippen LogP contribution is 2.37. The minimum absolute atomic E-state index is 0.0398. The average molecular weight is 414 g/mol. The van der Waals surface area contributed by atoms with E-state index in [1.807, 2.05) is 0 Å². The molecule has 1 aliphatic heterocycles. The second-order valence-corrected chi connectivity index (χ2v) is 7.98. The Balaban J connectivity index is 1.95. The number of benzene rings is 2. The van der Waals surface area contributed by atoms with E-state index in [9.17, 15) is 18.3 Å². The maximum atomic E-state index is 12.9. The van der Waals surface area contributed by atoms with E-state index >= 15 is 0 Å². The number of rotatable bonds is 7. The first-order valence-electron chi connectivity index (χ1n) is 7.75. The Kier molecular flexibility index (Phi) is 5.45. The van der Waals surface area contributed by atoms with Gasteiger partial charge in [0.25, 0.3) is 0 Å². The van der Waals surface area contributed by atoms with Gasteiger partial charge in [-0.2, -0.15) is 4.31 Å². The van der Waals surface area contributed by atoms with Crippen molar-refractivity contribution < 1.29 is 32.5 Å². The molecule has 0 fully saturated rings. The van der Waals surface area contributed by atoms with Gasteiger partial charge < -0.3 is 19.3 Å². The van der Waals surface area contributed by atoms with Crippen LogP contribution in [0.5, 0.6) is 17.2 Å². The second kappa shape index (κ2) is 7.63. The Morgan fingerprint density at radius 3 is 2.44 bits per heavy atom. The molecule has 27 heavy (non-hydrogen) atoms. The zero-order valence-corrected chi connectivity index (χ0v) is 15.8. The number of hydrogen-bond acceptors (Lipinski definition) is 6. The predicted molar refractivity (Wildman–Crippen MR) is 95.8 cm³/mol. The summed E-state index contributed by atoms with van der Waals surface area (Å²) in [6, 6.07) is 8.73. The standard InChI is InChI=1S/C17H16ClNO7S/c1-24-12-2-4-13(5-3-12)27(22,23)19(9-17(20)21)8-11-6-15-16(7-14(11)18)26-10-25-15/h2-7H,8-10H2,1H3,(H,20,21). The summed E-state index contributed by atoms with van der Waals surface area (Å²) in [4.78, 5) is 11.2. The molecule has 0 radical (unpaired) electrons. The van der Waals surface area contributed by atoms with Crippen LogP contribution in [-0.4, -0.2) is 44.2 Å². The van der Waals surface area contributed by atoms with Gasteiger partial charge in [-0.15, -0.1) is 0 Å². The maximum Gasteiger partial charge on any atom is 0.318 e. The zero-order valence-electron chi connectivity index (χ0n) is 14.2. The summed E-state index contributed by atoms with van der Waals surface area (Å²) in [5.74, 6) is 0.0690. The highest BCUT2D eigenvalue weighted by Gasteiger charge is 2.28. The minimum Gasteiger partial charge on any atom is -0.497 e. The largest absolute Gasteiger partial charge is 0.497 e. The number of carboxylic acid groups (broad SMARTS) is 1. The number of hydrogen-bond donors (Lipinski definition) is 1. The molecular formula is C17H16ClNO7S. The van der Waals surface area contributed by atoms with Crippen molar-refractivity contribution in [3.05, 3.63) is 47.0 Å². The summed E-state index contributed by atoms with van der Waals surface area (Å²) in [6.07, 6.45) is 0. The van der Waals surface area contributed by atoms with E-state index in [0.29, 0.717) is 22.8 Å². The zero-order chi connectivity index (χ0) is 19.6. The van der Waals surface area contributed by atoms with Crippen LogP contribution < -0.4 is 14.2 Å². The van der Waals surface area contributed by atoms with E-state index in [1.165, 1.54) is 37.4 Å². The van der Waals surface area contributed by atoms with Crippen LogP contribution in [0.3, 0.4) is 0 Å². The van der Waals surface area contributed by atoms with Crippen LogP contribution in [0, 0.1) is 0 Å². The average Bonchev–Trinajstić information content (AvgIpc) is 3.08. The molecule has 1 N–H and O–H groups in total. The molecule has 0 aromatic heterocycles. The van der Waals surface area contributed by atoms with Crippen LogP contribution in [0.15, 0.2) is 41.3 Å². The van der Waals surface area contributed by atoms with Crippen LogP contribution in [-0.2, 0) is 21.4 Å². The third-order valence-electron chi connectivity index (χ3n) is 3.90. The summed E-state index contributed by atoms with van der Waals surface area (Å²) in [7, 11) is -2.62. The van der Waals surface area contributed by atoms with Crippen LogP contribution in [0.25, 0.3) is 0 Å². The summed E-state index contributed by atoms with van der Waals surface area (Å²) >= 11 is 6.20. The number of halogens is 1. The molecule has 0 spiro atoms. The molecule has 0 atom stereocenters. The molecule has 1 heterocycles. The lowest BCUT2D eigenvalue weighted by Crippen LogP contribution is -2.35. The third kappa shape index (κ3) is 4.10. The normalized spacial score (nSPS) is 13.0. The Hall–Kier alpha value is -2.49. The van der Waals surface area contributed by atoms with E-state index in [0.717, 1.165) is 4.31 Å². The fraction of sp³-hybridized carbons (Fsp3) is 0.235. The van der Waals surface area contributed by atoms with Gasteiger partial charge in [-0.1, -0.05) is 11.6 Å². The van der Waals surface area contributed by atoms with E-state index in [4.69, 9.17) is 25.8 Å². The van der Waals surface area contributed by atoms with Crippen LogP contribution in [0.4, 0.5) is 0 Å². The van der Waals surface area contributed by atoms with Crippen LogP contribution in [0.2, 0.25) is 5.02 Å². The number of nitrogens with zero attached hydrogens (tertiary/aromatic N) is 1. The topological polar surface area (TPSA) is 102 Å². The van der Waals surface area contributed by atoms with Crippen molar-refractivity contribution >= 4 is 27.6 Å². The summed E-state index contributed by atoms with van der Waals surface area (Å²) < 4.78 is 42.2. The fourth-order valence-electron chi connectivity index (χ4n) is 2.54. The highest BCUT2D eigenvalue weighted by molar-refractivity contribution is 7.89. The lowest BCUT2D eigenvalue weighted by molar-refractivity contribution is -0.137. The van der Waals surface area contributed by atoms with Crippen molar-refractivity contribution in [2.75, 3.05) is 20.4 Å². The van der Waals surface area contributed by atoms with Gasteiger partial charge in [0, 0.05) is 17.6 Å². The quantitative estimate of drug-likeness (QED) is 0.743. The number of aliphatic carboxylic acids is 1. The smallest absolute Gasteiger partial charge is 0.318 e. The highest BCUT2D eigenvalue weighted by atomic mass is 35.5. The van der Waals surface area contributed by atoms with Crippen molar-refractivity contribution in [3.8, 4) is 17.2 Å². The van der Waals surface area contributed by atoms with Gasteiger partial charge in [-0.25, -0.2) is 8.42 Å². The molecule has 2 aromatic carbocycles. The monoisotopic (exact) mass is 413 g/mol. The first kappa shape index (κ1) is 19.3. The molecule has 144 valence electrons. The molecule has 0 unspecified atom stereocenters. The van der Waals surface area contributed by atoms with Crippen molar-refractivity contribution in [2.45, 2.75) is 11.4 Å². The molecule has 2 aromatic rings. The predicted octanol–water partition coefficient (Wildman–Crippen LogP) is 2.35. The maximum absolute atomic E-state index is 12.9. The molecule has 0 amide bonds. The molecule has 0 bridgehead atoms. The Bertz CT molecular complexity index is 960. The number of carbonyl (C=O) groups is 1. The molecule has 0 saturated carbocycles. The number of ether oxygens (including phenoxy) is 3. The molecule has 0 aliphatic carbocycles. The van der Waals surface area contributed by atoms with E-state index in [-0.39, 0.29) is 23.3 Å². The second-order valence-electron chi connectivity index (χ2n) is 5.64. The summed E-state index contributed by atoms with van der Waals surface area (Å²) in [5, 5.41) is 9.42. The Morgan fingerprint density at radius 1 is 1.22 bits per heavy atom. The fourth-order valence-corrected chi connectivity index (χ4v) is 4.12. The van der Waals surface area contributed by atoms with Gasteiger partial charge in [-0.3, -0.25) is 4.79 Å². The van der Waals surface area contributed by atoms with Crippen molar-refractivity contribution in [1.82, 2.24) is 4.31 Å². The van der Waals surface area contributed by atoms with Crippen molar-refractivity contribution in [3.63, 3.8) is 0 Å². The lowest BCUT2D eigenvalue weighted by atomic mass is 10.2. The Morgan fingerprint density at radius 2 is 1.85 bits per heavy atom. The number of fused-ring (bicyclic) bond motifs is 1. The summed E-state index contributed by atoms with van der Waals surface area (Å²) in [6.45, 7) is -0.923. The van der Waals surface area contributed by atoms with Crippen LogP contribution >= 0.6 is 11.6 Å². The van der Waals surface area contributed by atoms with Gasteiger partial charge in [0.05, 0.1) is 12.0 Å². The minimum atomic E-state index is -4.08. The first-order chi connectivity index (χ1) is 12.8. The molecule has 8 nitrogen and oxygen atoms in total. The van der Waals surface area contributed by atoms with E-state index in [2.05, 4.69) is 0 Å². The summed E-state index contributed by atoms with van der Waals surface area (Å²) in [5.41, 5.74) is 0.402. The first-order valence-corrected chi connectivity index (χ1v) is 9.57. The van der Waals surface area contributed by atoms with Gasteiger partial charge in [0.1, 0.15) is 12.3 Å². The van der Waals surface area contributed by atoms with Crippen molar-refractivity contribution in [2.24, 2.45) is 0 Å². The lowest BCUT2D eigenvalue weighted by Gasteiger charge is -2.21. The van der Waals surface area contributed by atoms with Gasteiger partial charge in [0.15, 0.2) is 11.5 Å². The number of sulfonamides is 1. The third-order valence-corrected chi connectivity index (χ3v) is 6.05. The van der Waals surface area contributed by atoms with E-state index < -0.39 is 22.5 Å². The molecular weight excluding hydrogens is 398 g/mol. The van der Waals surface area contributed by atoms with Crippen molar-refractivity contribution in [1.29, 1.82) is 0 Å².